The van der Waals surface area contributed by atoms with E-state index in [4.69, 9.17) is 23.2 Å². The normalized spacial score (nSPS) is 23.2. The number of hydrogen-bond acceptors (Lipinski definition) is 2. The Kier molecular flexibility index (Phi) is 3.87. The van der Waals surface area contributed by atoms with Crippen molar-refractivity contribution < 1.29 is 13.9 Å². The lowest BCUT2D eigenvalue weighted by molar-refractivity contribution is 0.0600. The maximum Gasteiger partial charge on any atom is 0.337 e. The summed E-state index contributed by atoms with van der Waals surface area (Å²) in [5, 5.41) is 0.861. The van der Waals surface area contributed by atoms with Crippen molar-refractivity contribution in [1.29, 1.82) is 0 Å². The summed E-state index contributed by atoms with van der Waals surface area (Å²) in [7, 11) is 1.30. The van der Waals surface area contributed by atoms with Gasteiger partial charge in [0.1, 0.15) is 5.67 Å². The Balaban J connectivity index is 1.90. The highest BCUT2D eigenvalue weighted by Gasteiger charge is 2.57. The lowest BCUT2D eigenvalue weighted by atomic mass is 10.0. The molecule has 114 valence electrons. The molecule has 2 aromatic rings. The summed E-state index contributed by atoms with van der Waals surface area (Å²) in [4.78, 5) is 11.6. The second kappa shape index (κ2) is 5.56. The van der Waals surface area contributed by atoms with Gasteiger partial charge in [-0.3, -0.25) is 0 Å². The van der Waals surface area contributed by atoms with E-state index in [1.54, 1.807) is 42.5 Å². The number of halogens is 3. The molecule has 1 aliphatic carbocycles. The predicted octanol–water partition coefficient (Wildman–Crippen LogP) is 5.13. The van der Waals surface area contributed by atoms with Crippen molar-refractivity contribution in [3.8, 4) is 0 Å². The lowest BCUT2D eigenvalue weighted by Crippen LogP contribution is -2.06. The molecule has 5 heteroatoms. The Morgan fingerprint density at radius 1 is 1.23 bits per heavy atom. The molecule has 1 aliphatic rings. The molecular weight excluding hydrogens is 326 g/mol. The van der Waals surface area contributed by atoms with E-state index in [9.17, 15) is 4.79 Å². The van der Waals surface area contributed by atoms with Crippen LogP contribution in [0.3, 0.4) is 0 Å². The highest BCUT2D eigenvalue weighted by atomic mass is 35.5. The third kappa shape index (κ3) is 2.59. The van der Waals surface area contributed by atoms with Crippen LogP contribution in [0.15, 0.2) is 42.5 Å². The lowest BCUT2D eigenvalue weighted by Gasteiger charge is -2.10. The summed E-state index contributed by atoms with van der Waals surface area (Å²) >= 11 is 11.9. The van der Waals surface area contributed by atoms with E-state index in [0.717, 1.165) is 5.56 Å². The summed E-state index contributed by atoms with van der Waals surface area (Å²) in [6, 6.07) is 11.6. The molecule has 22 heavy (non-hydrogen) atoms. The molecule has 1 saturated carbocycles. The van der Waals surface area contributed by atoms with Crippen molar-refractivity contribution >= 4 is 29.2 Å². The maximum atomic E-state index is 15.1. The van der Waals surface area contributed by atoms with E-state index in [1.807, 2.05) is 0 Å². The average molecular weight is 339 g/mol. The molecule has 1 fully saturated rings. The van der Waals surface area contributed by atoms with Crippen molar-refractivity contribution in [2.45, 2.75) is 18.0 Å². The zero-order valence-corrected chi connectivity index (χ0v) is 13.3. The molecule has 0 saturated heterocycles. The Labute approximate surface area is 137 Å². The first-order valence-corrected chi connectivity index (χ1v) is 7.54. The van der Waals surface area contributed by atoms with Crippen LogP contribution in [0.5, 0.6) is 0 Å². The van der Waals surface area contributed by atoms with Gasteiger partial charge in [0, 0.05) is 5.92 Å². The summed E-state index contributed by atoms with van der Waals surface area (Å²) in [5.41, 5.74) is 0.143. The van der Waals surface area contributed by atoms with Crippen LogP contribution in [-0.2, 0) is 10.4 Å². The number of hydrogen-bond donors (Lipinski definition) is 0. The first-order valence-electron chi connectivity index (χ1n) is 6.78. The average Bonchev–Trinajstić information content (AvgIpc) is 3.23. The van der Waals surface area contributed by atoms with E-state index >= 15 is 4.39 Å². The highest BCUT2D eigenvalue weighted by Crippen LogP contribution is 2.62. The Morgan fingerprint density at radius 3 is 2.68 bits per heavy atom. The van der Waals surface area contributed by atoms with Gasteiger partial charge < -0.3 is 4.74 Å². The molecular formula is C17H13Cl2FO2. The number of ether oxygens (including phenoxy) is 1. The largest absolute Gasteiger partial charge is 0.465 e. The number of methoxy groups -OCH3 is 1. The van der Waals surface area contributed by atoms with Crippen LogP contribution in [0.1, 0.15) is 33.8 Å². The van der Waals surface area contributed by atoms with Crippen LogP contribution in [0, 0.1) is 0 Å². The van der Waals surface area contributed by atoms with Gasteiger partial charge in [-0.05, 0) is 41.8 Å². The van der Waals surface area contributed by atoms with E-state index < -0.39 is 11.6 Å². The summed E-state index contributed by atoms with van der Waals surface area (Å²) < 4.78 is 19.8. The fourth-order valence-corrected chi connectivity index (χ4v) is 3.00. The second-order valence-electron chi connectivity index (χ2n) is 5.37. The summed E-state index contributed by atoms with van der Waals surface area (Å²) in [6.45, 7) is 0. The smallest absolute Gasteiger partial charge is 0.337 e. The summed E-state index contributed by atoms with van der Waals surface area (Å²) in [5.74, 6) is -0.757. The minimum atomic E-state index is -1.48. The van der Waals surface area contributed by atoms with Crippen LogP contribution in [0.4, 0.5) is 4.39 Å². The minimum absolute atomic E-state index is 0.282. The van der Waals surface area contributed by atoms with Gasteiger partial charge >= 0.3 is 5.97 Å². The molecule has 2 atom stereocenters. The molecule has 0 heterocycles. The molecule has 0 amide bonds. The molecule has 0 radical (unpaired) electrons. The molecule has 0 spiro atoms. The van der Waals surface area contributed by atoms with Crippen LogP contribution >= 0.6 is 23.2 Å². The van der Waals surface area contributed by atoms with Gasteiger partial charge in [0.25, 0.3) is 0 Å². The van der Waals surface area contributed by atoms with Crippen LogP contribution in [0.2, 0.25) is 10.0 Å². The minimum Gasteiger partial charge on any atom is -0.465 e. The summed E-state index contributed by atoms with van der Waals surface area (Å²) in [6.07, 6.45) is 0.357. The molecule has 2 unspecified atom stereocenters. The Bertz CT molecular complexity index is 747. The fraction of sp³-hybridized carbons (Fsp3) is 0.235. The standard InChI is InChI=1S/C17H13Cl2FO2/c1-22-16(21)11-3-2-4-12(7-11)17(20)9-13(17)10-5-6-14(18)15(19)8-10/h2-8,13H,9H2,1H3. The van der Waals surface area contributed by atoms with E-state index in [2.05, 4.69) is 4.74 Å². The van der Waals surface area contributed by atoms with Gasteiger partial charge in [0.2, 0.25) is 0 Å². The molecule has 0 aliphatic heterocycles. The number of rotatable bonds is 3. The fourth-order valence-electron chi connectivity index (χ4n) is 2.69. The molecule has 0 N–H and O–H groups in total. The maximum absolute atomic E-state index is 15.1. The van der Waals surface area contributed by atoms with E-state index in [1.165, 1.54) is 7.11 Å². The molecule has 2 aromatic carbocycles. The van der Waals surface area contributed by atoms with E-state index in [-0.39, 0.29) is 5.92 Å². The third-order valence-corrected chi connectivity index (χ3v) is 4.74. The monoisotopic (exact) mass is 338 g/mol. The Hall–Kier alpha value is -1.58. The number of benzene rings is 2. The SMILES string of the molecule is COC(=O)c1cccc(C2(F)CC2c2ccc(Cl)c(Cl)c2)c1. The van der Waals surface area contributed by atoms with Gasteiger partial charge in [-0.1, -0.05) is 41.4 Å². The van der Waals surface area contributed by atoms with Crippen molar-refractivity contribution in [3.63, 3.8) is 0 Å². The van der Waals surface area contributed by atoms with Crippen molar-refractivity contribution in [1.82, 2.24) is 0 Å². The number of carbonyl (C=O) groups excluding carboxylic acids is 1. The van der Waals surface area contributed by atoms with Crippen LogP contribution in [0.25, 0.3) is 0 Å². The van der Waals surface area contributed by atoms with Gasteiger partial charge in [0.15, 0.2) is 0 Å². The highest BCUT2D eigenvalue weighted by molar-refractivity contribution is 6.42. The van der Waals surface area contributed by atoms with Crippen molar-refractivity contribution in [2.24, 2.45) is 0 Å². The number of carbonyl (C=O) groups is 1. The molecule has 0 bridgehead atoms. The first kappa shape index (κ1) is 15.3. The number of alkyl halides is 1. The first-order chi connectivity index (χ1) is 10.5. The molecule has 2 nitrogen and oxygen atoms in total. The van der Waals surface area contributed by atoms with Gasteiger partial charge in [-0.2, -0.15) is 0 Å². The zero-order chi connectivity index (χ0) is 15.9. The van der Waals surface area contributed by atoms with E-state index in [0.29, 0.717) is 27.6 Å². The van der Waals surface area contributed by atoms with Crippen LogP contribution < -0.4 is 0 Å². The Morgan fingerprint density at radius 2 is 2.00 bits per heavy atom. The molecule has 3 rings (SSSR count). The van der Waals surface area contributed by atoms with Gasteiger partial charge in [0.05, 0.1) is 22.7 Å². The van der Waals surface area contributed by atoms with Gasteiger partial charge in [-0.15, -0.1) is 0 Å². The van der Waals surface area contributed by atoms with Gasteiger partial charge in [-0.25, -0.2) is 9.18 Å². The topological polar surface area (TPSA) is 26.3 Å². The predicted molar refractivity (Wildman–Crippen MR) is 84.4 cm³/mol. The number of esters is 1. The third-order valence-electron chi connectivity index (χ3n) is 4.00. The van der Waals surface area contributed by atoms with Crippen molar-refractivity contribution in [3.05, 3.63) is 69.2 Å². The van der Waals surface area contributed by atoms with Crippen LogP contribution in [-0.4, -0.2) is 13.1 Å². The molecule has 0 aromatic heterocycles. The second-order valence-corrected chi connectivity index (χ2v) is 6.18. The zero-order valence-electron chi connectivity index (χ0n) is 11.8. The van der Waals surface area contributed by atoms with Crippen molar-refractivity contribution in [2.75, 3.05) is 7.11 Å². The quantitative estimate of drug-likeness (QED) is 0.725.